The number of fused-ring (bicyclic) bond motifs is 10. The number of para-hydroxylation sites is 5. The average molecular weight is 696 g/mol. The summed E-state index contributed by atoms with van der Waals surface area (Å²) in [5, 5.41) is 9.99. The molecule has 1 aliphatic rings. The van der Waals surface area contributed by atoms with Gasteiger partial charge < -0.3 is 18.9 Å². The molecular weight excluding hydrogens is 657 g/mol. The number of benzene rings is 7. The zero-order chi connectivity index (χ0) is 35.8. The molecule has 0 spiro atoms. The molecule has 0 aliphatic carbocycles. The van der Waals surface area contributed by atoms with Gasteiger partial charge in [-0.2, -0.15) is 0 Å². The predicted octanol–water partition coefficient (Wildman–Crippen LogP) is 11.5. The van der Waals surface area contributed by atoms with Crippen LogP contribution in [-0.2, 0) is 6.42 Å². The van der Waals surface area contributed by atoms with Crippen LogP contribution >= 0.6 is 0 Å². The Balaban J connectivity index is 1.22. The van der Waals surface area contributed by atoms with Crippen LogP contribution in [0.2, 0.25) is 0 Å². The maximum atomic E-state index is 6.74. The van der Waals surface area contributed by atoms with Gasteiger partial charge in [-0.3, -0.25) is 0 Å². The van der Waals surface area contributed by atoms with Crippen LogP contribution in [0.5, 0.6) is 0 Å². The lowest BCUT2D eigenvalue weighted by Crippen LogP contribution is -2.36. The van der Waals surface area contributed by atoms with Gasteiger partial charge in [-0.15, -0.1) is 0 Å². The molecule has 0 fully saturated rings. The number of aryl methyl sites for hydroxylation is 1. The second-order valence-electron chi connectivity index (χ2n) is 14.7. The lowest BCUT2D eigenvalue weighted by molar-refractivity contribution is 0.650. The van der Waals surface area contributed by atoms with E-state index in [1.54, 1.807) is 0 Å². The number of nitrogens with one attached hydrogen (secondary N) is 1. The van der Waals surface area contributed by atoms with Crippen molar-refractivity contribution in [2.45, 2.75) is 32.6 Å². The van der Waals surface area contributed by atoms with Gasteiger partial charge >= 0.3 is 0 Å². The normalized spacial score (nSPS) is 12.2. The summed E-state index contributed by atoms with van der Waals surface area (Å²) in [6, 6.07) is 55.3. The number of unbranched alkanes of at least 4 members (excludes halogenated alkanes) is 2. The minimum Gasteiger partial charge on any atom is -0.469 e. The first-order valence-electron chi connectivity index (χ1n) is 19.3. The largest absolute Gasteiger partial charge is 0.469 e. The topological polar surface area (TPSA) is 35.0 Å². The molecule has 0 unspecified atom stereocenters. The Morgan fingerprint density at radius 2 is 1.22 bits per heavy atom. The summed E-state index contributed by atoms with van der Waals surface area (Å²) in [5.74, 6) is 0. The molecule has 0 saturated heterocycles. The maximum Gasteiger partial charge on any atom is 0.244 e. The molecule has 5 heteroatoms. The van der Waals surface area contributed by atoms with Crippen molar-refractivity contribution >= 4 is 84.4 Å². The molecule has 4 heterocycles. The molecule has 0 amide bonds. The van der Waals surface area contributed by atoms with E-state index >= 15 is 0 Å². The highest BCUT2D eigenvalue weighted by Crippen LogP contribution is 2.44. The zero-order valence-corrected chi connectivity index (χ0v) is 30.3. The minimum absolute atomic E-state index is 0.695. The van der Waals surface area contributed by atoms with E-state index in [0.29, 0.717) is 7.28 Å². The zero-order valence-electron chi connectivity index (χ0n) is 30.3. The SMILES string of the molecule is CCCCCc1ccc(Nc2ccccc2-c2cc(-n3c4ccccc4c4ccccc43)c3c4ccccc4n4c3c2Bc2oc3ccccc3c2-4)cc1. The van der Waals surface area contributed by atoms with Crippen LogP contribution in [0.15, 0.2) is 156 Å². The summed E-state index contributed by atoms with van der Waals surface area (Å²) < 4.78 is 11.7. The average Bonchev–Trinajstić information content (AvgIpc) is 3.88. The van der Waals surface area contributed by atoms with Crippen molar-refractivity contribution in [3.8, 4) is 22.5 Å². The number of furan rings is 1. The van der Waals surface area contributed by atoms with E-state index in [9.17, 15) is 0 Å². The van der Waals surface area contributed by atoms with E-state index < -0.39 is 0 Å². The fourth-order valence-corrected chi connectivity index (χ4v) is 9.14. The van der Waals surface area contributed by atoms with E-state index in [4.69, 9.17) is 4.42 Å². The predicted molar refractivity (Wildman–Crippen MR) is 230 cm³/mol. The monoisotopic (exact) mass is 695 g/mol. The summed E-state index contributed by atoms with van der Waals surface area (Å²) in [5.41, 5.74) is 16.3. The smallest absolute Gasteiger partial charge is 0.244 e. The van der Waals surface area contributed by atoms with Gasteiger partial charge in [0.15, 0.2) is 0 Å². The third-order valence-electron chi connectivity index (χ3n) is 11.6. The van der Waals surface area contributed by atoms with Crippen molar-refractivity contribution < 1.29 is 4.42 Å². The highest BCUT2D eigenvalue weighted by Gasteiger charge is 2.32. The van der Waals surface area contributed by atoms with E-state index in [1.165, 1.54) is 90.7 Å². The number of nitrogens with zero attached hydrogens (tertiary/aromatic N) is 2. The molecule has 0 radical (unpaired) electrons. The Morgan fingerprint density at radius 1 is 0.593 bits per heavy atom. The summed E-state index contributed by atoms with van der Waals surface area (Å²) in [6.45, 7) is 2.26. The quantitative estimate of drug-likeness (QED) is 0.127. The maximum absolute atomic E-state index is 6.74. The van der Waals surface area contributed by atoms with Crippen molar-refractivity contribution in [2.75, 3.05) is 5.32 Å². The molecule has 3 aromatic heterocycles. The first-order valence-corrected chi connectivity index (χ1v) is 19.3. The van der Waals surface area contributed by atoms with Crippen molar-refractivity contribution in [1.29, 1.82) is 0 Å². The standard InChI is InChI=1S/C49H38BN3O/c1-2-3-4-15-31-26-28-32(29-27-31)51-39-21-10-5-16-33(39)38-30-43(52-40-22-11-6-17-34(40)35-18-7-12-23-41(35)52)45-36-19-8-13-24-42(36)53-47-37-20-9-14-25-44(37)54-49(47)50-46(38)48(45)53/h5-14,16-30,50-51H,2-4,15H2,1H3. The lowest BCUT2D eigenvalue weighted by atomic mass is 9.62. The first-order chi connectivity index (χ1) is 26.8. The van der Waals surface area contributed by atoms with Crippen LogP contribution in [-0.4, -0.2) is 16.4 Å². The Labute approximate surface area is 314 Å². The highest BCUT2D eigenvalue weighted by atomic mass is 16.3. The van der Waals surface area contributed by atoms with Gasteiger partial charge in [-0.05, 0) is 84.0 Å². The molecule has 0 saturated carbocycles. The molecule has 7 aromatic carbocycles. The van der Waals surface area contributed by atoms with Crippen LogP contribution in [0.25, 0.3) is 77.1 Å². The summed E-state index contributed by atoms with van der Waals surface area (Å²) in [6.07, 6.45) is 4.86. The van der Waals surface area contributed by atoms with Gasteiger partial charge in [0.25, 0.3) is 0 Å². The second kappa shape index (κ2) is 12.3. The van der Waals surface area contributed by atoms with E-state index in [2.05, 4.69) is 173 Å². The van der Waals surface area contributed by atoms with Crippen LogP contribution in [0.4, 0.5) is 11.4 Å². The number of rotatable bonds is 8. The number of anilines is 2. The number of aromatic nitrogens is 2. The highest BCUT2D eigenvalue weighted by molar-refractivity contribution is 6.73. The molecule has 0 atom stereocenters. The molecule has 10 aromatic rings. The lowest BCUT2D eigenvalue weighted by Gasteiger charge is -2.23. The van der Waals surface area contributed by atoms with E-state index in [-0.39, 0.29) is 0 Å². The molecule has 0 bridgehead atoms. The Hall–Kier alpha value is -6.46. The van der Waals surface area contributed by atoms with Gasteiger partial charge in [0.05, 0.1) is 39.1 Å². The van der Waals surface area contributed by atoms with E-state index in [1.807, 2.05) is 0 Å². The van der Waals surface area contributed by atoms with Gasteiger partial charge in [0, 0.05) is 43.9 Å². The Kier molecular flexibility index (Phi) is 7.09. The van der Waals surface area contributed by atoms with Gasteiger partial charge in [0.1, 0.15) is 5.58 Å². The van der Waals surface area contributed by atoms with Crippen molar-refractivity contribution in [3.63, 3.8) is 0 Å². The fourth-order valence-electron chi connectivity index (χ4n) is 9.14. The minimum atomic E-state index is 0.695. The fraction of sp³-hybridized carbons (Fsp3) is 0.102. The molecule has 4 nitrogen and oxygen atoms in total. The first kappa shape index (κ1) is 31.1. The molecule has 54 heavy (non-hydrogen) atoms. The summed E-state index contributed by atoms with van der Waals surface area (Å²) in [4.78, 5) is 0. The van der Waals surface area contributed by atoms with Gasteiger partial charge in [-0.1, -0.05) is 117 Å². The third kappa shape index (κ3) is 4.64. The summed E-state index contributed by atoms with van der Waals surface area (Å²) >= 11 is 0. The number of hydrogen-bond acceptors (Lipinski definition) is 2. The second-order valence-corrected chi connectivity index (χ2v) is 14.7. The molecular formula is C49H38BN3O. The van der Waals surface area contributed by atoms with E-state index in [0.717, 1.165) is 40.1 Å². The van der Waals surface area contributed by atoms with Gasteiger partial charge in [-0.25, -0.2) is 0 Å². The molecule has 11 rings (SSSR count). The summed E-state index contributed by atoms with van der Waals surface area (Å²) in [7, 11) is 0.695. The van der Waals surface area contributed by atoms with Crippen LogP contribution in [0, 0.1) is 0 Å². The van der Waals surface area contributed by atoms with Crippen molar-refractivity contribution in [1.82, 2.24) is 9.13 Å². The molecule has 1 aliphatic heterocycles. The van der Waals surface area contributed by atoms with Crippen LogP contribution < -0.4 is 16.4 Å². The van der Waals surface area contributed by atoms with Crippen molar-refractivity contribution in [2.24, 2.45) is 0 Å². The Bertz CT molecular complexity index is 3020. The molecule has 1 N–H and O–H groups in total. The van der Waals surface area contributed by atoms with Crippen molar-refractivity contribution in [3.05, 3.63) is 157 Å². The van der Waals surface area contributed by atoms with Crippen LogP contribution in [0.3, 0.4) is 0 Å². The van der Waals surface area contributed by atoms with Crippen LogP contribution in [0.1, 0.15) is 31.7 Å². The van der Waals surface area contributed by atoms with Gasteiger partial charge in [0.2, 0.25) is 7.28 Å². The Morgan fingerprint density at radius 3 is 1.96 bits per heavy atom. The molecule has 258 valence electrons. The number of hydrogen-bond donors (Lipinski definition) is 1. The third-order valence-corrected chi connectivity index (χ3v) is 11.6.